The van der Waals surface area contributed by atoms with E-state index < -0.39 is 24.9 Å². The summed E-state index contributed by atoms with van der Waals surface area (Å²) in [6, 6.07) is 0.118. The lowest BCUT2D eigenvalue weighted by Crippen LogP contribution is -2.46. The first kappa shape index (κ1) is 13.7. The van der Waals surface area contributed by atoms with Crippen molar-refractivity contribution < 1.29 is 13.6 Å². The highest BCUT2D eigenvalue weighted by Crippen LogP contribution is 2.27. The van der Waals surface area contributed by atoms with Crippen LogP contribution >= 0.6 is 0 Å². The lowest BCUT2D eigenvalue weighted by atomic mass is 10.2. The molecule has 2 aliphatic rings. The number of likely N-dealkylation sites (N-methyl/N-ethyl adjacent to an activating group) is 1. The zero-order chi connectivity index (χ0) is 13.3. The molecular weight excluding hydrogens is 240 g/mol. The van der Waals surface area contributed by atoms with E-state index in [-0.39, 0.29) is 11.9 Å². The van der Waals surface area contributed by atoms with Crippen molar-refractivity contribution in [1.29, 1.82) is 0 Å². The molecule has 6 heteroatoms. The monoisotopic (exact) mass is 261 g/mol. The van der Waals surface area contributed by atoms with E-state index in [1.165, 1.54) is 12.8 Å². The second-order valence-corrected chi connectivity index (χ2v) is 5.48. The molecule has 1 amide bonds. The van der Waals surface area contributed by atoms with Gasteiger partial charge in [-0.25, -0.2) is 8.78 Å². The third kappa shape index (κ3) is 3.38. The standard InChI is InChI=1S/C12H21F2N3O/c1-8(17(2)9-3-4-9)6-15-11(18)10-5-12(13,14)7-16-10/h8-10,16H,3-7H2,1-2H3,(H,15,18). The van der Waals surface area contributed by atoms with Crippen molar-refractivity contribution >= 4 is 5.91 Å². The molecule has 2 fully saturated rings. The van der Waals surface area contributed by atoms with Crippen LogP contribution in [0, 0.1) is 0 Å². The third-order valence-corrected chi connectivity index (χ3v) is 3.82. The fraction of sp³-hybridized carbons (Fsp3) is 0.917. The Labute approximate surface area is 106 Å². The Balaban J connectivity index is 1.71. The van der Waals surface area contributed by atoms with E-state index in [4.69, 9.17) is 0 Å². The molecule has 1 saturated heterocycles. The molecule has 2 rings (SSSR count). The average Bonchev–Trinajstić information content (AvgIpc) is 3.09. The summed E-state index contributed by atoms with van der Waals surface area (Å²) in [6.07, 6.45) is 2.03. The van der Waals surface area contributed by atoms with Gasteiger partial charge in [-0.3, -0.25) is 15.0 Å². The molecule has 2 unspecified atom stereocenters. The quantitative estimate of drug-likeness (QED) is 0.761. The Bertz CT molecular complexity index is 320. The normalized spacial score (nSPS) is 28.4. The molecule has 0 radical (unpaired) electrons. The summed E-state index contributed by atoms with van der Waals surface area (Å²) in [6.45, 7) is 2.15. The molecule has 18 heavy (non-hydrogen) atoms. The van der Waals surface area contributed by atoms with Gasteiger partial charge in [0.1, 0.15) is 0 Å². The van der Waals surface area contributed by atoms with Gasteiger partial charge in [-0.1, -0.05) is 0 Å². The van der Waals surface area contributed by atoms with Crippen LogP contribution in [0.15, 0.2) is 0 Å². The molecule has 4 nitrogen and oxygen atoms in total. The second kappa shape index (κ2) is 5.09. The molecule has 0 bridgehead atoms. The molecule has 104 valence electrons. The van der Waals surface area contributed by atoms with Crippen LogP contribution in [0.3, 0.4) is 0 Å². The number of rotatable bonds is 5. The number of nitrogens with zero attached hydrogens (tertiary/aromatic N) is 1. The smallest absolute Gasteiger partial charge is 0.262 e. The summed E-state index contributed by atoms with van der Waals surface area (Å²) in [5.74, 6) is -3.07. The molecule has 1 aliphatic carbocycles. The number of amides is 1. The lowest BCUT2D eigenvalue weighted by molar-refractivity contribution is -0.123. The van der Waals surface area contributed by atoms with Crippen LogP contribution in [0.25, 0.3) is 0 Å². The van der Waals surface area contributed by atoms with Gasteiger partial charge in [0.25, 0.3) is 5.92 Å². The molecule has 0 spiro atoms. The van der Waals surface area contributed by atoms with Crippen LogP contribution < -0.4 is 10.6 Å². The molecule has 2 N–H and O–H groups in total. The maximum atomic E-state index is 12.9. The SMILES string of the molecule is CC(CNC(=O)C1CC(F)(F)CN1)N(C)C1CC1. The number of carbonyl (C=O) groups is 1. The number of halogens is 2. The van der Waals surface area contributed by atoms with Crippen LogP contribution in [0.1, 0.15) is 26.2 Å². The third-order valence-electron chi connectivity index (χ3n) is 3.82. The van der Waals surface area contributed by atoms with Crippen molar-refractivity contribution in [1.82, 2.24) is 15.5 Å². The first-order chi connectivity index (χ1) is 8.39. The molecule has 0 aromatic carbocycles. The summed E-state index contributed by atoms with van der Waals surface area (Å²) in [5, 5.41) is 5.31. The van der Waals surface area contributed by atoms with Gasteiger partial charge in [-0.05, 0) is 26.8 Å². The minimum absolute atomic E-state index is 0.239. The van der Waals surface area contributed by atoms with Gasteiger partial charge in [0.15, 0.2) is 0 Å². The van der Waals surface area contributed by atoms with Gasteiger partial charge in [-0.15, -0.1) is 0 Å². The topological polar surface area (TPSA) is 44.4 Å². The minimum atomic E-state index is -2.75. The maximum absolute atomic E-state index is 12.9. The van der Waals surface area contributed by atoms with E-state index >= 15 is 0 Å². The Morgan fingerprint density at radius 2 is 2.22 bits per heavy atom. The highest BCUT2D eigenvalue weighted by Gasteiger charge is 2.42. The second-order valence-electron chi connectivity index (χ2n) is 5.48. The summed E-state index contributed by atoms with van der Waals surface area (Å²) in [4.78, 5) is 14.0. The first-order valence-corrected chi connectivity index (χ1v) is 6.50. The molecule has 0 aromatic rings. The van der Waals surface area contributed by atoms with Crippen molar-refractivity contribution in [3.8, 4) is 0 Å². The fourth-order valence-corrected chi connectivity index (χ4v) is 2.26. The fourth-order valence-electron chi connectivity index (χ4n) is 2.26. The summed E-state index contributed by atoms with van der Waals surface area (Å²) >= 11 is 0. The zero-order valence-electron chi connectivity index (χ0n) is 10.9. The van der Waals surface area contributed by atoms with Crippen LogP contribution in [-0.2, 0) is 4.79 Å². The van der Waals surface area contributed by atoms with Gasteiger partial charge in [0, 0.05) is 25.0 Å². The Morgan fingerprint density at radius 1 is 1.56 bits per heavy atom. The van der Waals surface area contributed by atoms with Crippen molar-refractivity contribution in [3.05, 3.63) is 0 Å². The molecular formula is C12H21F2N3O. The van der Waals surface area contributed by atoms with E-state index in [2.05, 4.69) is 15.5 Å². The molecule has 0 aromatic heterocycles. The van der Waals surface area contributed by atoms with E-state index in [9.17, 15) is 13.6 Å². The highest BCUT2D eigenvalue weighted by atomic mass is 19.3. The average molecular weight is 261 g/mol. The van der Waals surface area contributed by atoms with E-state index in [1.54, 1.807) is 0 Å². The predicted molar refractivity (Wildman–Crippen MR) is 64.6 cm³/mol. The van der Waals surface area contributed by atoms with Gasteiger partial charge >= 0.3 is 0 Å². The van der Waals surface area contributed by atoms with Gasteiger partial charge in [0.05, 0.1) is 12.6 Å². The van der Waals surface area contributed by atoms with Crippen LogP contribution in [0.2, 0.25) is 0 Å². The van der Waals surface area contributed by atoms with Gasteiger partial charge in [-0.2, -0.15) is 0 Å². The summed E-state index contributed by atoms with van der Waals surface area (Å²) < 4.78 is 25.9. The number of alkyl halides is 2. The Kier molecular flexibility index (Phi) is 3.87. The Morgan fingerprint density at radius 3 is 2.72 bits per heavy atom. The molecule has 1 saturated carbocycles. The van der Waals surface area contributed by atoms with Crippen molar-refractivity contribution in [2.75, 3.05) is 20.1 Å². The minimum Gasteiger partial charge on any atom is -0.353 e. The van der Waals surface area contributed by atoms with E-state index in [0.717, 1.165) is 0 Å². The van der Waals surface area contributed by atoms with E-state index in [1.807, 2.05) is 14.0 Å². The summed E-state index contributed by atoms with van der Waals surface area (Å²) in [7, 11) is 2.04. The van der Waals surface area contributed by atoms with Crippen LogP contribution in [-0.4, -0.2) is 55.0 Å². The number of nitrogens with one attached hydrogen (secondary N) is 2. The lowest BCUT2D eigenvalue weighted by Gasteiger charge is -2.25. The molecule has 1 aliphatic heterocycles. The van der Waals surface area contributed by atoms with Gasteiger partial charge in [0.2, 0.25) is 5.91 Å². The van der Waals surface area contributed by atoms with E-state index in [0.29, 0.717) is 12.6 Å². The van der Waals surface area contributed by atoms with Crippen molar-refractivity contribution in [2.45, 2.75) is 50.2 Å². The number of hydrogen-bond acceptors (Lipinski definition) is 3. The van der Waals surface area contributed by atoms with Crippen molar-refractivity contribution in [2.24, 2.45) is 0 Å². The highest BCUT2D eigenvalue weighted by molar-refractivity contribution is 5.82. The molecule has 2 atom stereocenters. The molecule has 1 heterocycles. The summed E-state index contributed by atoms with van der Waals surface area (Å²) in [5.41, 5.74) is 0. The first-order valence-electron chi connectivity index (χ1n) is 6.50. The Hall–Kier alpha value is -0.750. The van der Waals surface area contributed by atoms with Crippen LogP contribution in [0.4, 0.5) is 8.78 Å². The zero-order valence-corrected chi connectivity index (χ0v) is 10.9. The van der Waals surface area contributed by atoms with Crippen LogP contribution in [0.5, 0.6) is 0 Å². The maximum Gasteiger partial charge on any atom is 0.262 e. The number of carbonyl (C=O) groups excluding carboxylic acids is 1. The van der Waals surface area contributed by atoms with Crippen molar-refractivity contribution in [3.63, 3.8) is 0 Å². The predicted octanol–water partition coefficient (Wildman–Crippen LogP) is 0.583. The number of hydrogen-bond donors (Lipinski definition) is 2. The van der Waals surface area contributed by atoms with Gasteiger partial charge < -0.3 is 5.32 Å². The largest absolute Gasteiger partial charge is 0.353 e.